The van der Waals surface area contributed by atoms with Crippen LogP contribution in [0.5, 0.6) is 11.5 Å². The van der Waals surface area contributed by atoms with Gasteiger partial charge in [0, 0.05) is 8.04 Å². The largest absolute Gasteiger partial charge is 0.493 e. The summed E-state index contributed by atoms with van der Waals surface area (Å²) in [6.07, 6.45) is 0. The van der Waals surface area contributed by atoms with Crippen LogP contribution in [0.4, 0.5) is 0 Å². The van der Waals surface area contributed by atoms with Gasteiger partial charge in [-0.25, -0.2) is 0 Å². The van der Waals surface area contributed by atoms with Gasteiger partial charge < -0.3 is 14.8 Å². The highest BCUT2D eigenvalue weighted by Crippen LogP contribution is 2.38. The quantitative estimate of drug-likeness (QED) is 0.670. The van der Waals surface area contributed by atoms with Gasteiger partial charge in [0.2, 0.25) is 0 Å². The molecule has 0 aliphatic rings. The lowest BCUT2D eigenvalue weighted by Crippen LogP contribution is -2.19. The first-order chi connectivity index (χ1) is 10.1. The molecule has 1 N–H and O–H groups in total. The van der Waals surface area contributed by atoms with E-state index in [0.29, 0.717) is 5.75 Å². The van der Waals surface area contributed by atoms with Gasteiger partial charge in [0.1, 0.15) is 0 Å². The highest BCUT2D eigenvalue weighted by Gasteiger charge is 2.20. The third kappa shape index (κ3) is 3.52. The van der Waals surface area contributed by atoms with Gasteiger partial charge in [0.25, 0.3) is 0 Å². The topological polar surface area (TPSA) is 30.5 Å². The van der Waals surface area contributed by atoms with Crippen LogP contribution in [0, 0.1) is 3.57 Å². The van der Waals surface area contributed by atoms with Gasteiger partial charge in [0.15, 0.2) is 11.5 Å². The van der Waals surface area contributed by atoms with Gasteiger partial charge in [0.05, 0.1) is 20.3 Å². The molecule has 0 spiro atoms. The lowest BCUT2D eigenvalue weighted by Gasteiger charge is -2.21. The van der Waals surface area contributed by atoms with E-state index in [1.165, 1.54) is 9.13 Å². The molecule has 2 aromatic rings. The summed E-state index contributed by atoms with van der Waals surface area (Å²) in [6, 6.07) is 12.4. The summed E-state index contributed by atoms with van der Waals surface area (Å²) in [5.41, 5.74) is 2.34. The minimum atomic E-state index is 0.0762. The number of hydrogen-bond acceptors (Lipinski definition) is 3. The molecule has 0 aliphatic heterocycles. The fourth-order valence-corrected chi connectivity index (χ4v) is 3.53. The molecule has 0 saturated carbocycles. The van der Waals surface area contributed by atoms with Crippen molar-refractivity contribution in [3.63, 3.8) is 0 Å². The zero-order valence-electron chi connectivity index (χ0n) is 12.1. The number of benzene rings is 2. The molecule has 0 aliphatic carbocycles. The van der Waals surface area contributed by atoms with Gasteiger partial charge in [-0.3, -0.25) is 0 Å². The summed E-state index contributed by atoms with van der Waals surface area (Å²) in [6.45, 7) is 0. The molecule has 21 heavy (non-hydrogen) atoms. The second-order valence-corrected chi connectivity index (χ2v) is 6.49. The lowest BCUT2D eigenvalue weighted by molar-refractivity contribution is 0.354. The standard InChI is InChI=1S/C16H17BrINO2/c1-19-16(10-6-4-5-7-13(10)18)11-8-14(20-2)15(21-3)9-12(11)17/h4-9,16,19H,1-3H3. The Morgan fingerprint density at radius 1 is 1.05 bits per heavy atom. The van der Waals surface area contributed by atoms with E-state index in [1.807, 2.05) is 25.2 Å². The fraction of sp³-hybridized carbons (Fsp3) is 0.250. The second kappa shape index (κ2) is 7.47. The summed E-state index contributed by atoms with van der Waals surface area (Å²) < 4.78 is 13.0. The average Bonchev–Trinajstić information content (AvgIpc) is 2.50. The Balaban J connectivity index is 2.55. The van der Waals surface area contributed by atoms with E-state index in [-0.39, 0.29) is 6.04 Å². The zero-order valence-corrected chi connectivity index (χ0v) is 15.9. The van der Waals surface area contributed by atoms with Crippen LogP contribution in [0.1, 0.15) is 17.2 Å². The molecular formula is C16H17BrINO2. The number of halogens is 2. The molecular weight excluding hydrogens is 445 g/mol. The van der Waals surface area contributed by atoms with Gasteiger partial charge in [-0.05, 0) is 59.0 Å². The Labute approximate surface area is 147 Å². The predicted molar refractivity (Wildman–Crippen MR) is 97.3 cm³/mol. The Kier molecular flexibility index (Phi) is 5.89. The molecule has 1 atom stereocenters. The molecule has 0 fully saturated rings. The molecule has 0 aromatic heterocycles. The summed E-state index contributed by atoms with van der Waals surface area (Å²) >= 11 is 5.99. The maximum absolute atomic E-state index is 5.42. The molecule has 0 bridgehead atoms. The minimum absolute atomic E-state index is 0.0762. The first-order valence-corrected chi connectivity index (χ1v) is 8.32. The Bertz CT molecular complexity index is 634. The van der Waals surface area contributed by atoms with Crippen molar-refractivity contribution in [3.05, 3.63) is 55.6 Å². The number of methoxy groups -OCH3 is 2. The number of nitrogens with one attached hydrogen (secondary N) is 1. The van der Waals surface area contributed by atoms with Crippen molar-refractivity contribution in [1.29, 1.82) is 0 Å². The second-order valence-electron chi connectivity index (χ2n) is 4.47. The van der Waals surface area contributed by atoms with E-state index in [9.17, 15) is 0 Å². The SMILES string of the molecule is CNC(c1cc(OC)c(OC)cc1Br)c1ccccc1I. The summed E-state index contributed by atoms with van der Waals surface area (Å²) in [7, 11) is 5.24. The van der Waals surface area contributed by atoms with E-state index in [4.69, 9.17) is 9.47 Å². The first-order valence-electron chi connectivity index (χ1n) is 6.45. The minimum Gasteiger partial charge on any atom is -0.493 e. The molecule has 112 valence electrons. The average molecular weight is 462 g/mol. The summed E-state index contributed by atoms with van der Waals surface area (Å²) in [5.74, 6) is 1.44. The highest BCUT2D eigenvalue weighted by molar-refractivity contribution is 14.1. The molecule has 5 heteroatoms. The molecule has 0 heterocycles. The van der Waals surface area contributed by atoms with Crippen LogP contribution in [0.3, 0.4) is 0 Å². The summed E-state index contributed by atoms with van der Waals surface area (Å²) in [5, 5.41) is 3.37. The fourth-order valence-electron chi connectivity index (χ4n) is 2.28. The number of ether oxygens (including phenoxy) is 2. The van der Waals surface area contributed by atoms with Crippen molar-refractivity contribution in [2.24, 2.45) is 0 Å². The maximum atomic E-state index is 5.42. The molecule has 1 unspecified atom stereocenters. The highest BCUT2D eigenvalue weighted by atomic mass is 127. The predicted octanol–water partition coefficient (Wildman–Crippen LogP) is 4.38. The first kappa shape index (κ1) is 16.6. The van der Waals surface area contributed by atoms with Crippen molar-refractivity contribution in [3.8, 4) is 11.5 Å². The molecule has 2 rings (SSSR count). The normalized spacial score (nSPS) is 12.0. The Morgan fingerprint density at radius 3 is 2.24 bits per heavy atom. The smallest absolute Gasteiger partial charge is 0.161 e. The van der Waals surface area contributed by atoms with Crippen molar-refractivity contribution >= 4 is 38.5 Å². The van der Waals surface area contributed by atoms with E-state index in [1.54, 1.807) is 14.2 Å². The summed E-state index contributed by atoms with van der Waals surface area (Å²) in [4.78, 5) is 0. The lowest BCUT2D eigenvalue weighted by atomic mass is 9.98. The van der Waals surface area contributed by atoms with E-state index in [0.717, 1.165) is 15.8 Å². The third-order valence-electron chi connectivity index (χ3n) is 3.32. The van der Waals surface area contributed by atoms with Crippen LogP contribution in [0.15, 0.2) is 40.9 Å². The molecule has 0 radical (unpaired) electrons. The van der Waals surface area contributed by atoms with Crippen LogP contribution in [-0.4, -0.2) is 21.3 Å². The molecule has 0 saturated heterocycles. The van der Waals surface area contributed by atoms with E-state index in [2.05, 4.69) is 62.0 Å². The molecule has 0 amide bonds. The van der Waals surface area contributed by atoms with Gasteiger partial charge >= 0.3 is 0 Å². The number of rotatable bonds is 5. The zero-order chi connectivity index (χ0) is 15.4. The van der Waals surface area contributed by atoms with Crippen molar-refractivity contribution in [1.82, 2.24) is 5.32 Å². The van der Waals surface area contributed by atoms with Gasteiger partial charge in [-0.15, -0.1) is 0 Å². The van der Waals surface area contributed by atoms with Crippen LogP contribution in [0.25, 0.3) is 0 Å². The maximum Gasteiger partial charge on any atom is 0.161 e. The van der Waals surface area contributed by atoms with Crippen LogP contribution in [-0.2, 0) is 0 Å². The van der Waals surface area contributed by atoms with Gasteiger partial charge in [-0.1, -0.05) is 34.1 Å². The monoisotopic (exact) mass is 461 g/mol. The Morgan fingerprint density at radius 2 is 1.67 bits per heavy atom. The molecule has 2 aromatic carbocycles. The van der Waals surface area contributed by atoms with E-state index >= 15 is 0 Å². The van der Waals surface area contributed by atoms with Gasteiger partial charge in [-0.2, -0.15) is 0 Å². The van der Waals surface area contributed by atoms with Crippen molar-refractivity contribution < 1.29 is 9.47 Å². The number of hydrogen-bond donors (Lipinski definition) is 1. The van der Waals surface area contributed by atoms with E-state index < -0.39 is 0 Å². The Hall–Kier alpha value is -0.790. The third-order valence-corrected chi connectivity index (χ3v) is 4.99. The molecule has 3 nitrogen and oxygen atoms in total. The van der Waals surface area contributed by atoms with Crippen molar-refractivity contribution in [2.75, 3.05) is 21.3 Å². The van der Waals surface area contributed by atoms with Crippen LogP contribution < -0.4 is 14.8 Å². The van der Waals surface area contributed by atoms with Crippen LogP contribution in [0.2, 0.25) is 0 Å². The van der Waals surface area contributed by atoms with Crippen molar-refractivity contribution in [2.45, 2.75) is 6.04 Å². The van der Waals surface area contributed by atoms with Crippen LogP contribution >= 0.6 is 38.5 Å².